The first kappa shape index (κ1) is 30.6. The molecule has 7 rings (SSSR count). The number of carbonyl (C=O) groups is 3. The van der Waals surface area contributed by atoms with Crippen LogP contribution < -0.4 is 5.32 Å². The molecule has 2 aliphatic heterocycles. The summed E-state index contributed by atoms with van der Waals surface area (Å²) in [5, 5.41) is 8.24. The SMILES string of the molecule is CC(=O)c1nn(CC(=O)N2CC(CN3CC4(CCC4)C3)CC2C(=O)Nc2nc(Br)ccc2C)c2ccc(-c3cnc(C)nc3)cc12. The Bertz CT molecular complexity index is 1840. The molecule has 11 nitrogen and oxygen atoms in total. The zero-order chi connectivity index (χ0) is 32.2. The van der Waals surface area contributed by atoms with Gasteiger partial charge in [0.15, 0.2) is 5.78 Å². The number of amides is 2. The van der Waals surface area contributed by atoms with Crippen molar-refractivity contribution < 1.29 is 14.4 Å². The predicted molar refractivity (Wildman–Crippen MR) is 177 cm³/mol. The Labute approximate surface area is 275 Å². The molecule has 0 radical (unpaired) electrons. The van der Waals surface area contributed by atoms with Crippen LogP contribution in [0.25, 0.3) is 22.0 Å². The van der Waals surface area contributed by atoms with E-state index in [1.807, 2.05) is 44.2 Å². The van der Waals surface area contributed by atoms with Crippen molar-refractivity contribution >= 4 is 50.2 Å². The molecule has 46 heavy (non-hydrogen) atoms. The first-order chi connectivity index (χ1) is 22.1. The van der Waals surface area contributed by atoms with E-state index in [0.717, 1.165) is 36.3 Å². The molecular weight excluding hydrogens is 648 g/mol. The molecule has 12 heteroatoms. The van der Waals surface area contributed by atoms with Crippen molar-refractivity contribution in [3.05, 3.63) is 64.4 Å². The molecular formula is C34H37BrN8O3. The van der Waals surface area contributed by atoms with Crippen molar-refractivity contribution in [3.63, 3.8) is 0 Å². The lowest BCUT2D eigenvalue weighted by atomic mass is 9.63. The number of rotatable bonds is 8. The average Bonchev–Trinajstić information content (AvgIpc) is 3.58. The van der Waals surface area contributed by atoms with Gasteiger partial charge >= 0.3 is 0 Å². The maximum absolute atomic E-state index is 14.1. The lowest BCUT2D eigenvalue weighted by molar-refractivity contribution is -0.137. The first-order valence-corrected chi connectivity index (χ1v) is 16.6. The summed E-state index contributed by atoms with van der Waals surface area (Å²) in [5.74, 6) is 0.674. The molecule has 3 aliphatic rings. The number of nitrogens with one attached hydrogen (secondary N) is 1. The van der Waals surface area contributed by atoms with Gasteiger partial charge in [0.2, 0.25) is 11.8 Å². The number of fused-ring (bicyclic) bond motifs is 1. The zero-order valence-electron chi connectivity index (χ0n) is 26.3. The first-order valence-electron chi connectivity index (χ1n) is 15.8. The van der Waals surface area contributed by atoms with Gasteiger partial charge in [-0.15, -0.1) is 0 Å². The zero-order valence-corrected chi connectivity index (χ0v) is 27.9. The molecule has 5 heterocycles. The molecule has 2 atom stereocenters. The van der Waals surface area contributed by atoms with Crippen LogP contribution in [0.2, 0.25) is 0 Å². The fourth-order valence-corrected chi connectivity index (χ4v) is 7.61. The molecule has 1 aromatic carbocycles. The van der Waals surface area contributed by atoms with Gasteiger partial charge in [-0.2, -0.15) is 5.10 Å². The van der Waals surface area contributed by atoms with E-state index in [2.05, 4.69) is 46.2 Å². The summed E-state index contributed by atoms with van der Waals surface area (Å²) < 4.78 is 2.21. The second-order valence-corrected chi connectivity index (χ2v) is 14.1. The minimum absolute atomic E-state index is 0.0890. The van der Waals surface area contributed by atoms with E-state index in [4.69, 9.17) is 0 Å². The Balaban J connectivity index is 1.14. The molecule has 3 aromatic heterocycles. The van der Waals surface area contributed by atoms with Crippen molar-refractivity contribution in [1.29, 1.82) is 0 Å². The molecule has 2 amide bonds. The predicted octanol–water partition coefficient (Wildman–Crippen LogP) is 4.81. The number of halogens is 1. The number of likely N-dealkylation sites (tertiary alicyclic amines) is 2. The van der Waals surface area contributed by atoms with E-state index in [9.17, 15) is 14.4 Å². The minimum atomic E-state index is -0.640. The summed E-state index contributed by atoms with van der Waals surface area (Å²) >= 11 is 3.39. The Morgan fingerprint density at radius 1 is 1.04 bits per heavy atom. The van der Waals surface area contributed by atoms with Crippen molar-refractivity contribution in [2.45, 2.75) is 59.0 Å². The van der Waals surface area contributed by atoms with E-state index in [1.165, 1.54) is 26.2 Å². The molecule has 3 fully saturated rings. The summed E-state index contributed by atoms with van der Waals surface area (Å²) in [6, 6.07) is 8.76. The lowest BCUT2D eigenvalue weighted by Crippen LogP contribution is -2.60. The number of hydrogen-bond acceptors (Lipinski definition) is 8. The van der Waals surface area contributed by atoms with Gasteiger partial charge in [-0.3, -0.25) is 19.1 Å². The summed E-state index contributed by atoms with van der Waals surface area (Å²) in [6.45, 7) is 8.68. The van der Waals surface area contributed by atoms with Crippen molar-refractivity contribution in [3.8, 4) is 11.1 Å². The third-order valence-electron chi connectivity index (χ3n) is 9.85. The number of Topliss-reactive ketones (excluding diaryl/α,β-unsaturated/α-hetero) is 1. The number of carbonyl (C=O) groups excluding carboxylic acids is 3. The molecule has 1 aliphatic carbocycles. The molecule has 0 bridgehead atoms. The molecule has 238 valence electrons. The summed E-state index contributed by atoms with van der Waals surface area (Å²) in [4.78, 5) is 57.7. The fraction of sp³-hybridized carbons (Fsp3) is 0.441. The Morgan fingerprint density at radius 2 is 1.80 bits per heavy atom. The van der Waals surface area contributed by atoms with Gasteiger partial charge in [0.25, 0.3) is 0 Å². The van der Waals surface area contributed by atoms with Gasteiger partial charge in [-0.05, 0) is 89.7 Å². The lowest BCUT2D eigenvalue weighted by Gasteiger charge is -2.56. The van der Waals surface area contributed by atoms with Crippen LogP contribution in [0.5, 0.6) is 0 Å². The quantitative estimate of drug-likeness (QED) is 0.207. The van der Waals surface area contributed by atoms with Gasteiger partial charge in [-0.25, -0.2) is 15.0 Å². The van der Waals surface area contributed by atoms with Crippen LogP contribution in [-0.4, -0.2) is 84.4 Å². The number of ketones is 1. The molecule has 1 N–H and O–H groups in total. The van der Waals surface area contributed by atoms with E-state index in [0.29, 0.717) is 51.2 Å². The van der Waals surface area contributed by atoms with Crippen LogP contribution in [0.4, 0.5) is 5.82 Å². The highest BCUT2D eigenvalue weighted by atomic mass is 79.9. The molecule has 1 spiro atoms. The summed E-state index contributed by atoms with van der Waals surface area (Å²) in [7, 11) is 0. The number of hydrogen-bond donors (Lipinski definition) is 1. The van der Waals surface area contributed by atoms with Gasteiger partial charge in [0.1, 0.15) is 34.5 Å². The van der Waals surface area contributed by atoms with Gasteiger partial charge in [0, 0.05) is 56.4 Å². The van der Waals surface area contributed by atoms with E-state index in [-0.39, 0.29) is 30.1 Å². The number of pyridine rings is 1. The highest BCUT2D eigenvalue weighted by Gasteiger charge is 2.49. The van der Waals surface area contributed by atoms with Crippen LogP contribution in [0, 0.1) is 25.2 Å². The van der Waals surface area contributed by atoms with Crippen molar-refractivity contribution in [2.24, 2.45) is 11.3 Å². The molecule has 2 unspecified atom stereocenters. The van der Waals surface area contributed by atoms with Crippen LogP contribution >= 0.6 is 15.9 Å². The Morgan fingerprint density at radius 3 is 2.50 bits per heavy atom. The average molecular weight is 686 g/mol. The van der Waals surface area contributed by atoms with Crippen LogP contribution in [-0.2, 0) is 16.1 Å². The number of aromatic nitrogens is 5. The largest absolute Gasteiger partial charge is 0.329 e. The standard InChI is InChI=1S/C34H37BrN8O3/c1-20-5-8-29(35)38-32(20)39-33(46)28-11-23(15-41-18-34(19-41)9-4-10-34)16-42(28)30(45)17-43-27-7-6-24(25-13-36-22(3)37-14-25)12-26(27)31(40-43)21(2)44/h5-8,12-14,23,28H,4,9-11,15-19H2,1-3H3,(H,38,39,46). The highest BCUT2D eigenvalue weighted by molar-refractivity contribution is 9.10. The smallest absolute Gasteiger partial charge is 0.248 e. The second-order valence-electron chi connectivity index (χ2n) is 13.3. The molecule has 2 saturated heterocycles. The summed E-state index contributed by atoms with van der Waals surface area (Å²) in [5.41, 5.74) is 4.00. The normalized spacial score (nSPS) is 20.5. The number of nitrogens with zero attached hydrogens (tertiary/aromatic N) is 7. The number of aryl methyl sites for hydroxylation is 2. The van der Waals surface area contributed by atoms with Crippen LogP contribution in [0.1, 0.15) is 54.5 Å². The topological polar surface area (TPSA) is 126 Å². The maximum atomic E-state index is 14.1. The maximum Gasteiger partial charge on any atom is 0.248 e. The van der Waals surface area contributed by atoms with Gasteiger partial charge < -0.3 is 15.1 Å². The van der Waals surface area contributed by atoms with Crippen LogP contribution in [0.15, 0.2) is 47.3 Å². The van der Waals surface area contributed by atoms with Gasteiger partial charge in [0.05, 0.1) is 5.52 Å². The minimum Gasteiger partial charge on any atom is -0.329 e. The highest BCUT2D eigenvalue weighted by Crippen LogP contribution is 2.48. The Hall–Kier alpha value is -4.03. The molecule has 4 aromatic rings. The fourth-order valence-electron chi connectivity index (χ4n) is 7.30. The van der Waals surface area contributed by atoms with E-state index in [1.54, 1.807) is 22.0 Å². The van der Waals surface area contributed by atoms with Crippen molar-refractivity contribution in [2.75, 3.05) is 31.5 Å². The van der Waals surface area contributed by atoms with Crippen molar-refractivity contribution in [1.82, 2.24) is 34.5 Å². The van der Waals surface area contributed by atoms with Crippen LogP contribution in [0.3, 0.4) is 0 Å². The third-order valence-corrected chi connectivity index (χ3v) is 10.3. The van der Waals surface area contributed by atoms with E-state index >= 15 is 0 Å². The summed E-state index contributed by atoms with van der Waals surface area (Å²) in [6.07, 6.45) is 8.01. The third kappa shape index (κ3) is 5.84. The van der Waals surface area contributed by atoms with Gasteiger partial charge in [-0.1, -0.05) is 18.6 Å². The molecule has 1 saturated carbocycles. The number of anilines is 1. The second kappa shape index (κ2) is 12.0. The van der Waals surface area contributed by atoms with E-state index < -0.39 is 6.04 Å². The Kier molecular flexibility index (Phi) is 7.96. The monoisotopic (exact) mass is 684 g/mol. The number of benzene rings is 1.